The molecule has 23 heavy (non-hydrogen) atoms. The molecule has 1 fully saturated rings. The molecule has 1 aliphatic rings. The van der Waals surface area contributed by atoms with E-state index < -0.39 is 6.36 Å². The third-order valence-corrected chi connectivity index (χ3v) is 3.95. The maximum Gasteiger partial charge on any atom is 0.573 e. The molecule has 1 atom stereocenters. The first-order valence-corrected chi connectivity index (χ1v) is 7.83. The molecule has 0 bridgehead atoms. The summed E-state index contributed by atoms with van der Waals surface area (Å²) in [6.07, 6.45) is -2.91. The molecule has 0 amide bonds. The van der Waals surface area contributed by atoms with E-state index in [-0.39, 0.29) is 11.8 Å². The highest BCUT2D eigenvalue weighted by Gasteiger charge is 2.32. The Bertz CT molecular complexity index is 503. The third-order valence-electron chi connectivity index (χ3n) is 3.95. The topological polar surface area (TPSA) is 33.7 Å². The van der Waals surface area contributed by atoms with Crippen molar-refractivity contribution in [1.29, 1.82) is 0 Å². The molecular weight excluding hydrogens is 309 g/mol. The van der Waals surface area contributed by atoms with E-state index in [1.807, 2.05) is 0 Å². The molecule has 0 saturated carbocycles. The third kappa shape index (κ3) is 5.00. The highest BCUT2D eigenvalue weighted by Crippen LogP contribution is 2.36. The van der Waals surface area contributed by atoms with Crippen LogP contribution in [0.15, 0.2) is 18.2 Å². The zero-order valence-electron chi connectivity index (χ0n) is 13.4. The molecule has 0 aliphatic carbocycles. The molecule has 130 valence electrons. The van der Waals surface area contributed by atoms with Gasteiger partial charge in [-0.1, -0.05) is 13.3 Å². The Hall–Kier alpha value is -1.47. The molecule has 0 aromatic heterocycles. The summed E-state index contributed by atoms with van der Waals surface area (Å²) in [5, 5.41) is 3.29. The summed E-state index contributed by atoms with van der Waals surface area (Å²) in [5.74, 6) is 0.390. The minimum absolute atomic E-state index is 0.0221. The Morgan fingerprint density at radius 3 is 2.52 bits per heavy atom. The van der Waals surface area contributed by atoms with Crippen LogP contribution < -0.4 is 14.8 Å². The summed E-state index contributed by atoms with van der Waals surface area (Å²) in [6.45, 7) is 5.54. The van der Waals surface area contributed by atoms with Crippen molar-refractivity contribution >= 4 is 0 Å². The van der Waals surface area contributed by atoms with Crippen molar-refractivity contribution in [3.8, 4) is 11.5 Å². The second kappa shape index (κ2) is 7.88. The van der Waals surface area contributed by atoms with Gasteiger partial charge in [0.25, 0.3) is 0 Å². The van der Waals surface area contributed by atoms with E-state index in [1.165, 1.54) is 19.2 Å². The van der Waals surface area contributed by atoms with Crippen LogP contribution in [0.5, 0.6) is 11.5 Å². The second-order valence-electron chi connectivity index (χ2n) is 5.54. The summed E-state index contributed by atoms with van der Waals surface area (Å²) < 4.78 is 46.9. The molecule has 2 rings (SSSR count). The van der Waals surface area contributed by atoms with E-state index in [1.54, 1.807) is 6.07 Å². The second-order valence-corrected chi connectivity index (χ2v) is 5.54. The van der Waals surface area contributed by atoms with E-state index in [2.05, 4.69) is 21.9 Å². The van der Waals surface area contributed by atoms with Gasteiger partial charge in [0.15, 0.2) is 0 Å². The predicted molar refractivity (Wildman–Crippen MR) is 81.8 cm³/mol. The Morgan fingerprint density at radius 1 is 1.26 bits per heavy atom. The average Bonchev–Trinajstić information content (AvgIpc) is 2.52. The Morgan fingerprint density at radius 2 is 1.96 bits per heavy atom. The number of halogens is 3. The van der Waals surface area contributed by atoms with Crippen molar-refractivity contribution in [2.45, 2.75) is 32.2 Å². The van der Waals surface area contributed by atoms with Crippen molar-refractivity contribution in [2.24, 2.45) is 0 Å². The highest BCUT2D eigenvalue weighted by atomic mass is 19.4. The minimum Gasteiger partial charge on any atom is -0.496 e. The molecule has 0 unspecified atom stereocenters. The van der Waals surface area contributed by atoms with Gasteiger partial charge in [0.1, 0.15) is 11.5 Å². The first-order chi connectivity index (χ1) is 10.9. The lowest BCUT2D eigenvalue weighted by Crippen LogP contribution is -2.45. The molecule has 1 aromatic carbocycles. The Labute approximate surface area is 134 Å². The molecule has 4 nitrogen and oxygen atoms in total. The van der Waals surface area contributed by atoms with Gasteiger partial charge in [-0.15, -0.1) is 13.2 Å². The van der Waals surface area contributed by atoms with Crippen LogP contribution in [0.1, 0.15) is 31.4 Å². The summed E-state index contributed by atoms with van der Waals surface area (Å²) >= 11 is 0. The van der Waals surface area contributed by atoms with Crippen LogP contribution in [0.4, 0.5) is 13.2 Å². The van der Waals surface area contributed by atoms with Gasteiger partial charge in [-0.05, 0) is 24.6 Å². The van der Waals surface area contributed by atoms with E-state index in [9.17, 15) is 13.2 Å². The number of rotatable bonds is 6. The summed E-state index contributed by atoms with van der Waals surface area (Å²) in [7, 11) is 1.53. The number of nitrogens with zero attached hydrogens (tertiary/aromatic N) is 1. The Balaban J connectivity index is 2.32. The van der Waals surface area contributed by atoms with Crippen molar-refractivity contribution < 1.29 is 22.6 Å². The monoisotopic (exact) mass is 332 g/mol. The van der Waals surface area contributed by atoms with Gasteiger partial charge in [-0.3, -0.25) is 4.90 Å². The van der Waals surface area contributed by atoms with Crippen molar-refractivity contribution in [3.63, 3.8) is 0 Å². The summed E-state index contributed by atoms with van der Waals surface area (Å²) in [4.78, 5) is 2.29. The van der Waals surface area contributed by atoms with Gasteiger partial charge in [0, 0.05) is 37.8 Å². The lowest BCUT2D eigenvalue weighted by atomic mass is 9.98. The minimum atomic E-state index is -4.69. The van der Waals surface area contributed by atoms with E-state index in [0.717, 1.165) is 44.6 Å². The molecule has 1 aromatic rings. The van der Waals surface area contributed by atoms with Gasteiger partial charge in [-0.2, -0.15) is 0 Å². The van der Waals surface area contributed by atoms with Crippen LogP contribution in [-0.2, 0) is 0 Å². The van der Waals surface area contributed by atoms with Crippen LogP contribution in [0.3, 0.4) is 0 Å². The van der Waals surface area contributed by atoms with Crippen LogP contribution in [0.2, 0.25) is 0 Å². The van der Waals surface area contributed by atoms with Gasteiger partial charge in [0.05, 0.1) is 7.11 Å². The molecule has 1 heterocycles. The molecule has 1 aliphatic heterocycles. The smallest absolute Gasteiger partial charge is 0.496 e. The maximum absolute atomic E-state index is 12.5. The first-order valence-electron chi connectivity index (χ1n) is 7.83. The lowest BCUT2D eigenvalue weighted by Gasteiger charge is -2.36. The van der Waals surface area contributed by atoms with Gasteiger partial charge in [-0.25, -0.2) is 0 Å². The molecule has 7 heteroatoms. The number of hydrogen-bond donors (Lipinski definition) is 1. The maximum atomic E-state index is 12.5. The standard InChI is InChI=1S/C16H23F3N2O2/c1-3-4-14(21-9-7-20-8-10-21)13-11-12(23-16(17,18)19)5-6-15(13)22-2/h5-6,11,14,20H,3-4,7-10H2,1-2H3/t14-/m1/s1. The molecule has 0 spiro atoms. The van der Waals surface area contributed by atoms with Gasteiger partial charge < -0.3 is 14.8 Å². The fraction of sp³-hybridized carbons (Fsp3) is 0.625. The fourth-order valence-corrected chi connectivity index (χ4v) is 2.97. The van der Waals surface area contributed by atoms with Crippen molar-refractivity contribution in [1.82, 2.24) is 10.2 Å². The average molecular weight is 332 g/mol. The van der Waals surface area contributed by atoms with Crippen LogP contribution in [0.25, 0.3) is 0 Å². The van der Waals surface area contributed by atoms with Crippen LogP contribution in [0, 0.1) is 0 Å². The molecular formula is C16H23F3N2O2. The number of benzene rings is 1. The highest BCUT2D eigenvalue weighted by molar-refractivity contribution is 5.42. The lowest BCUT2D eigenvalue weighted by molar-refractivity contribution is -0.274. The number of ether oxygens (including phenoxy) is 2. The molecule has 1 N–H and O–H groups in total. The number of methoxy groups -OCH3 is 1. The number of nitrogens with one attached hydrogen (secondary N) is 1. The zero-order chi connectivity index (χ0) is 16.9. The van der Waals surface area contributed by atoms with Crippen LogP contribution in [-0.4, -0.2) is 44.6 Å². The van der Waals surface area contributed by atoms with Crippen LogP contribution >= 0.6 is 0 Å². The van der Waals surface area contributed by atoms with Crippen molar-refractivity contribution in [3.05, 3.63) is 23.8 Å². The number of piperazine rings is 1. The SMILES string of the molecule is CCC[C@H](c1cc(OC(F)(F)F)ccc1OC)N1CCNCC1. The number of alkyl halides is 3. The predicted octanol–water partition coefficient (Wildman–Crippen LogP) is 3.34. The molecule has 1 saturated heterocycles. The van der Waals surface area contributed by atoms with E-state index in [4.69, 9.17) is 4.74 Å². The number of hydrogen-bond acceptors (Lipinski definition) is 4. The first kappa shape index (κ1) is 17.9. The normalized spacial score (nSPS) is 17.8. The van der Waals surface area contributed by atoms with Gasteiger partial charge in [0.2, 0.25) is 0 Å². The molecule has 0 radical (unpaired) electrons. The fourth-order valence-electron chi connectivity index (χ4n) is 2.97. The largest absolute Gasteiger partial charge is 0.573 e. The van der Waals surface area contributed by atoms with Crippen molar-refractivity contribution in [2.75, 3.05) is 33.3 Å². The van der Waals surface area contributed by atoms with E-state index >= 15 is 0 Å². The van der Waals surface area contributed by atoms with Gasteiger partial charge >= 0.3 is 6.36 Å². The Kier molecular flexibility index (Phi) is 6.12. The van der Waals surface area contributed by atoms with E-state index in [0.29, 0.717) is 5.75 Å². The summed E-state index contributed by atoms with van der Waals surface area (Å²) in [5.41, 5.74) is 0.748. The zero-order valence-corrected chi connectivity index (χ0v) is 13.4. The quantitative estimate of drug-likeness (QED) is 0.866. The summed E-state index contributed by atoms with van der Waals surface area (Å²) in [6, 6.07) is 4.31.